The predicted octanol–water partition coefficient (Wildman–Crippen LogP) is 3.43. The number of benzene rings is 1. The van der Waals surface area contributed by atoms with Gasteiger partial charge in [-0.2, -0.15) is 5.26 Å². The van der Waals surface area contributed by atoms with Gasteiger partial charge in [0.15, 0.2) is 11.6 Å². The Balaban J connectivity index is 1.39. The molecule has 1 aromatic carbocycles. The summed E-state index contributed by atoms with van der Waals surface area (Å²) in [4.78, 5) is 20.7. The molecule has 6 nitrogen and oxygen atoms in total. The van der Waals surface area contributed by atoms with Gasteiger partial charge in [0, 0.05) is 31.4 Å². The molecule has 1 amide bonds. The standard InChI is InChI=1S/C22H20F4N4O2/c23-17-5-2-14(7-18(17)24)21(22(25)26)32-12-20(31)29-10-15-3-4-16(11-29)30(15)19-6-1-13(8-27)9-28-19/h1-2,5-7,9,15-16,21-22H,3-4,10-12H2. The molecule has 0 radical (unpaired) electrons. The van der Waals surface area contributed by atoms with Crippen LogP contribution in [-0.4, -0.2) is 54.0 Å². The summed E-state index contributed by atoms with van der Waals surface area (Å²) in [6.07, 6.45) is -1.64. The van der Waals surface area contributed by atoms with Crippen molar-refractivity contribution in [1.29, 1.82) is 5.26 Å². The highest BCUT2D eigenvalue weighted by Crippen LogP contribution is 2.34. The molecule has 3 unspecified atom stereocenters. The van der Waals surface area contributed by atoms with E-state index >= 15 is 0 Å². The molecule has 0 N–H and O–H groups in total. The number of nitriles is 1. The van der Waals surface area contributed by atoms with Crippen LogP contribution in [0.15, 0.2) is 36.5 Å². The first kappa shape index (κ1) is 22.0. The van der Waals surface area contributed by atoms with Crippen LogP contribution in [0.1, 0.15) is 30.1 Å². The second-order valence-corrected chi connectivity index (χ2v) is 7.85. The van der Waals surface area contributed by atoms with Crippen LogP contribution in [0.2, 0.25) is 0 Å². The number of pyridine rings is 1. The number of hydrogen-bond donors (Lipinski definition) is 0. The molecule has 2 aliphatic heterocycles. The van der Waals surface area contributed by atoms with Gasteiger partial charge in [-0.1, -0.05) is 6.07 Å². The minimum absolute atomic E-state index is 0.0234. The van der Waals surface area contributed by atoms with Gasteiger partial charge in [-0.25, -0.2) is 22.5 Å². The third-order valence-electron chi connectivity index (χ3n) is 5.86. The highest BCUT2D eigenvalue weighted by molar-refractivity contribution is 5.78. The Hall–Kier alpha value is -3.19. The molecular weight excluding hydrogens is 428 g/mol. The number of aromatic nitrogens is 1. The lowest BCUT2D eigenvalue weighted by Crippen LogP contribution is -2.56. The molecule has 2 saturated heterocycles. The molecule has 0 saturated carbocycles. The average molecular weight is 448 g/mol. The lowest BCUT2D eigenvalue weighted by Gasteiger charge is -2.41. The molecule has 0 aliphatic carbocycles. The molecule has 10 heteroatoms. The number of piperazine rings is 1. The molecule has 2 bridgehead atoms. The number of halogens is 4. The van der Waals surface area contributed by atoms with Crippen LogP contribution in [0.5, 0.6) is 0 Å². The maximum Gasteiger partial charge on any atom is 0.268 e. The van der Waals surface area contributed by atoms with Gasteiger partial charge >= 0.3 is 0 Å². The summed E-state index contributed by atoms with van der Waals surface area (Å²) < 4.78 is 58.5. The van der Waals surface area contributed by atoms with Crippen LogP contribution >= 0.6 is 0 Å². The third-order valence-corrected chi connectivity index (χ3v) is 5.86. The average Bonchev–Trinajstić information content (AvgIpc) is 3.04. The Kier molecular flexibility index (Phi) is 6.28. The molecule has 4 rings (SSSR count). The summed E-state index contributed by atoms with van der Waals surface area (Å²) in [6.45, 7) is 0.193. The Morgan fingerprint density at radius 2 is 1.88 bits per heavy atom. The molecule has 168 valence electrons. The Bertz CT molecular complexity index is 1010. The lowest BCUT2D eigenvalue weighted by molar-refractivity contribution is -0.143. The van der Waals surface area contributed by atoms with Crippen LogP contribution in [0.3, 0.4) is 0 Å². The van der Waals surface area contributed by atoms with Crippen LogP contribution in [0.25, 0.3) is 0 Å². The van der Waals surface area contributed by atoms with Gasteiger partial charge in [-0.05, 0) is 42.7 Å². The van der Waals surface area contributed by atoms with Gasteiger partial charge < -0.3 is 14.5 Å². The van der Waals surface area contributed by atoms with E-state index < -0.39 is 36.7 Å². The topological polar surface area (TPSA) is 69.5 Å². The molecule has 0 spiro atoms. The van der Waals surface area contributed by atoms with Crippen LogP contribution in [0, 0.1) is 23.0 Å². The van der Waals surface area contributed by atoms with E-state index in [0.717, 1.165) is 30.8 Å². The normalized spacial score (nSPS) is 21.0. The van der Waals surface area contributed by atoms with Gasteiger partial charge in [-0.3, -0.25) is 4.79 Å². The van der Waals surface area contributed by atoms with Crippen LogP contribution in [0.4, 0.5) is 23.4 Å². The van der Waals surface area contributed by atoms with Gasteiger partial charge in [0.25, 0.3) is 6.43 Å². The van der Waals surface area contributed by atoms with Crippen LogP contribution < -0.4 is 4.90 Å². The predicted molar refractivity (Wildman–Crippen MR) is 106 cm³/mol. The van der Waals surface area contributed by atoms with E-state index in [1.54, 1.807) is 17.0 Å². The molecule has 2 aromatic rings. The molecule has 3 heterocycles. The fourth-order valence-corrected chi connectivity index (χ4v) is 4.34. The summed E-state index contributed by atoms with van der Waals surface area (Å²) in [5.41, 5.74) is 0.227. The zero-order valence-corrected chi connectivity index (χ0v) is 16.9. The number of anilines is 1. The number of nitrogens with zero attached hydrogens (tertiary/aromatic N) is 4. The van der Waals surface area contributed by atoms with E-state index in [9.17, 15) is 22.4 Å². The summed E-state index contributed by atoms with van der Waals surface area (Å²) in [6, 6.07) is 7.96. The third kappa shape index (κ3) is 4.39. The largest absolute Gasteiger partial charge is 0.358 e. The summed E-state index contributed by atoms with van der Waals surface area (Å²) in [5.74, 6) is -2.12. The van der Waals surface area contributed by atoms with Gasteiger partial charge in [0.1, 0.15) is 24.6 Å². The monoisotopic (exact) mass is 448 g/mol. The van der Waals surface area contributed by atoms with E-state index in [1.807, 2.05) is 6.07 Å². The lowest BCUT2D eigenvalue weighted by atomic mass is 10.1. The number of carbonyl (C=O) groups is 1. The zero-order chi connectivity index (χ0) is 22.8. The number of amides is 1. The quantitative estimate of drug-likeness (QED) is 0.634. The summed E-state index contributed by atoms with van der Waals surface area (Å²) in [5, 5.41) is 8.93. The second kappa shape index (κ2) is 9.12. The van der Waals surface area contributed by atoms with Crippen molar-refractivity contribution in [1.82, 2.24) is 9.88 Å². The van der Waals surface area contributed by atoms with Crippen molar-refractivity contribution >= 4 is 11.7 Å². The van der Waals surface area contributed by atoms with Crippen molar-refractivity contribution in [3.8, 4) is 6.07 Å². The van der Waals surface area contributed by atoms with E-state index in [-0.39, 0.29) is 17.6 Å². The zero-order valence-electron chi connectivity index (χ0n) is 16.9. The fourth-order valence-electron chi connectivity index (χ4n) is 4.34. The number of ether oxygens (including phenoxy) is 1. The minimum Gasteiger partial charge on any atom is -0.358 e. The van der Waals surface area contributed by atoms with Crippen molar-refractivity contribution in [3.63, 3.8) is 0 Å². The van der Waals surface area contributed by atoms with Crippen molar-refractivity contribution < 1.29 is 27.1 Å². The Labute approximate surface area is 182 Å². The molecule has 32 heavy (non-hydrogen) atoms. The molecule has 2 aliphatic rings. The Morgan fingerprint density at radius 1 is 1.16 bits per heavy atom. The van der Waals surface area contributed by atoms with Gasteiger partial charge in [0.05, 0.1) is 5.56 Å². The number of carbonyl (C=O) groups excluding carboxylic acids is 1. The molecule has 1 aromatic heterocycles. The van der Waals surface area contributed by atoms with Crippen molar-refractivity contribution in [3.05, 3.63) is 59.3 Å². The first-order chi connectivity index (χ1) is 15.4. The SMILES string of the molecule is N#Cc1ccc(N2C3CCC2CN(C(=O)COC(c2ccc(F)c(F)c2)C(F)F)C3)nc1. The maximum absolute atomic E-state index is 13.4. The number of alkyl halides is 2. The highest BCUT2D eigenvalue weighted by Gasteiger charge is 2.42. The highest BCUT2D eigenvalue weighted by atomic mass is 19.3. The number of hydrogen-bond acceptors (Lipinski definition) is 5. The fraction of sp³-hybridized carbons (Fsp3) is 0.409. The Morgan fingerprint density at radius 3 is 2.44 bits per heavy atom. The van der Waals surface area contributed by atoms with Gasteiger partial charge in [-0.15, -0.1) is 0 Å². The van der Waals surface area contributed by atoms with E-state index in [4.69, 9.17) is 10.00 Å². The number of fused-ring (bicyclic) bond motifs is 2. The molecule has 2 fully saturated rings. The number of rotatable bonds is 6. The van der Waals surface area contributed by atoms with Crippen molar-refractivity contribution in [2.45, 2.75) is 37.5 Å². The summed E-state index contributed by atoms with van der Waals surface area (Å²) >= 11 is 0. The van der Waals surface area contributed by atoms with E-state index in [1.165, 1.54) is 6.20 Å². The first-order valence-electron chi connectivity index (χ1n) is 10.1. The van der Waals surface area contributed by atoms with Crippen LogP contribution in [-0.2, 0) is 9.53 Å². The van der Waals surface area contributed by atoms with E-state index in [2.05, 4.69) is 9.88 Å². The first-order valence-corrected chi connectivity index (χ1v) is 10.1. The van der Waals surface area contributed by atoms with Crippen molar-refractivity contribution in [2.24, 2.45) is 0 Å². The smallest absolute Gasteiger partial charge is 0.268 e. The van der Waals surface area contributed by atoms with Gasteiger partial charge in [0.2, 0.25) is 5.91 Å². The molecule has 3 atom stereocenters. The molecular formula is C22H20F4N4O2. The maximum atomic E-state index is 13.4. The number of likely N-dealkylation sites (tertiary alicyclic amines) is 1. The minimum atomic E-state index is -3.01. The van der Waals surface area contributed by atoms with E-state index in [0.29, 0.717) is 24.7 Å². The summed E-state index contributed by atoms with van der Waals surface area (Å²) in [7, 11) is 0. The second-order valence-electron chi connectivity index (χ2n) is 7.85. The van der Waals surface area contributed by atoms with Crippen molar-refractivity contribution in [2.75, 3.05) is 24.6 Å².